The zero-order valence-corrected chi connectivity index (χ0v) is 16.2. The maximum Gasteiger partial charge on any atom is 0.252 e. The highest BCUT2D eigenvalue weighted by Gasteiger charge is 2.08. The summed E-state index contributed by atoms with van der Waals surface area (Å²) >= 11 is 1.44. The summed E-state index contributed by atoms with van der Waals surface area (Å²) in [5.74, 6) is -0.463. The predicted molar refractivity (Wildman–Crippen MR) is 110 cm³/mol. The molecule has 0 fully saturated rings. The van der Waals surface area contributed by atoms with Crippen molar-refractivity contribution in [3.63, 3.8) is 0 Å². The van der Waals surface area contributed by atoms with E-state index < -0.39 is 0 Å². The lowest BCUT2D eigenvalue weighted by atomic mass is 10.1. The monoisotopic (exact) mass is 394 g/mol. The lowest BCUT2D eigenvalue weighted by Crippen LogP contribution is -2.36. The van der Waals surface area contributed by atoms with Gasteiger partial charge < -0.3 is 15.4 Å². The van der Waals surface area contributed by atoms with E-state index in [9.17, 15) is 9.59 Å². The molecular formula is C22H22N2O3S. The van der Waals surface area contributed by atoms with Crippen LogP contribution in [-0.4, -0.2) is 18.4 Å². The molecule has 3 rings (SSSR count). The normalized spacial score (nSPS) is 10.4. The Bertz CT molecular complexity index is 878. The van der Waals surface area contributed by atoms with Crippen molar-refractivity contribution in [2.24, 2.45) is 0 Å². The molecule has 0 spiro atoms. The molecule has 0 bridgehead atoms. The molecule has 0 aliphatic carbocycles. The van der Waals surface area contributed by atoms with Crippen LogP contribution in [0.25, 0.3) is 0 Å². The van der Waals surface area contributed by atoms with Crippen molar-refractivity contribution in [2.75, 3.05) is 6.54 Å². The summed E-state index contributed by atoms with van der Waals surface area (Å²) in [5.41, 5.74) is 3.79. The van der Waals surface area contributed by atoms with Gasteiger partial charge in [-0.25, -0.2) is 0 Å². The van der Waals surface area contributed by atoms with Crippen molar-refractivity contribution in [3.8, 4) is 0 Å². The molecule has 3 aromatic rings. The van der Waals surface area contributed by atoms with Gasteiger partial charge in [0.2, 0.25) is 5.91 Å². The zero-order chi connectivity index (χ0) is 19.6. The molecule has 1 aromatic heterocycles. The number of hydrogen-bond donors (Lipinski definition) is 2. The molecule has 6 heteroatoms. The van der Waals surface area contributed by atoms with E-state index in [2.05, 4.69) is 10.6 Å². The highest BCUT2D eigenvalue weighted by atomic mass is 32.1. The van der Waals surface area contributed by atoms with Gasteiger partial charge in [-0.2, -0.15) is 11.3 Å². The van der Waals surface area contributed by atoms with E-state index in [0.717, 1.165) is 16.7 Å². The average Bonchev–Trinajstić information content (AvgIpc) is 3.27. The van der Waals surface area contributed by atoms with Crippen LogP contribution in [0.5, 0.6) is 0 Å². The van der Waals surface area contributed by atoms with E-state index in [4.69, 9.17) is 4.74 Å². The number of ether oxygens (including phenoxy) is 1. The predicted octanol–water partition coefficient (Wildman–Crippen LogP) is 3.51. The Morgan fingerprint density at radius 3 is 2.18 bits per heavy atom. The summed E-state index contributed by atoms with van der Waals surface area (Å²) in [7, 11) is 0. The number of amides is 2. The van der Waals surface area contributed by atoms with Crippen LogP contribution in [0.1, 0.15) is 27.0 Å². The first-order chi connectivity index (χ1) is 13.7. The van der Waals surface area contributed by atoms with E-state index >= 15 is 0 Å². The minimum absolute atomic E-state index is 0.0416. The lowest BCUT2D eigenvalue weighted by molar-refractivity contribution is -0.120. The summed E-state index contributed by atoms with van der Waals surface area (Å²) in [6.45, 7) is 1.49. The van der Waals surface area contributed by atoms with Gasteiger partial charge in [-0.05, 0) is 28.1 Å². The minimum Gasteiger partial charge on any atom is -0.372 e. The number of carbonyl (C=O) groups is 2. The first kappa shape index (κ1) is 19.8. The van der Waals surface area contributed by atoms with Gasteiger partial charge in [0.05, 0.1) is 19.8 Å². The number of hydrogen-bond acceptors (Lipinski definition) is 4. The fourth-order valence-corrected chi connectivity index (χ4v) is 3.17. The quantitative estimate of drug-likeness (QED) is 0.584. The van der Waals surface area contributed by atoms with Crippen LogP contribution in [0.2, 0.25) is 0 Å². The topological polar surface area (TPSA) is 67.4 Å². The van der Waals surface area contributed by atoms with Gasteiger partial charge in [-0.1, -0.05) is 54.6 Å². The van der Waals surface area contributed by atoms with Crippen molar-refractivity contribution in [1.29, 1.82) is 0 Å². The van der Waals surface area contributed by atoms with E-state index in [1.807, 2.05) is 60.0 Å². The van der Waals surface area contributed by atoms with Crippen molar-refractivity contribution < 1.29 is 14.3 Å². The second-order valence-corrected chi connectivity index (χ2v) is 7.05. The van der Waals surface area contributed by atoms with E-state index in [0.29, 0.717) is 25.3 Å². The maximum atomic E-state index is 11.9. The minimum atomic E-state index is -0.240. The van der Waals surface area contributed by atoms with Gasteiger partial charge in [0, 0.05) is 17.5 Å². The van der Waals surface area contributed by atoms with Crippen molar-refractivity contribution in [1.82, 2.24) is 10.6 Å². The van der Waals surface area contributed by atoms with Gasteiger partial charge in [0.1, 0.15) is 0 Å². The first-order valence-corrected chi connectivity index (χ1v) is 9.91. The number of rotatable bonds is 9. The van der Waals surface area contributed by atoms with Crippen LogP contribution in [0.3, 0.4) is 0 Å². The molecule has 0 unspecified atom stereocenters. The lowest BCUT2D eigenvalue weighted by Gasteiger charge is -2.08. The van der Waals surface area contributed by atoms with Crippen molar-refractivity contribution in [2.45, 2.75) is 19.8 Å². The Morgan fingerprint density at radius 2 is 1.50 bits per heavy atom. The summed E-state index contributed by atoms with van der Waals surface area (Å²) in [4.78, 5) is 23.7. The summed E-state index contributed by atoms with van der Waals surface area (Å²) < 4.78 is 5.72. The van der Waals surface area contributed by atoms with Crippen molar-refractivity contribution in [3.05, 3.63) is 93.7 Å². The third-order valence-electron chi connectivity index (χ3n) is 4.09. The van der Waals surface area contributed by atoms with Gasteiger partial charge >= 0.3 is 0 Å². The largest absolute Gasteiger partial charge is 0.372 e. The summed E-state index contributed by atoms with van der Waals surface area (Å²) in [6.07, 6.45) is 0. The van der Waals surface area contributed by atoms with E-state index in [1.165, 1.54) is 11.3 Å². The fourth-order valence-electron chi connectivity index (χ4n) is 2.53. The third kappa shape index (κ3) is 6.33. The Hall–Kier alpha value is -2.96. The molecule has 0 aliphatic heterocycles. The number of carbonyl (C=O) groups excluding carboxylic acids is 2. The molecule has 0 saturated heterocycles. The second kappa shape index (κ2) is 10.4. The van der Waals surface area contributed by atoms with Gasteiger partial charge in [0.15, 0.2) is 0 Å². The summed E-state index contributed by atoms with van der Waals surface area (Å²) in [5, 5.41) is 8.98. The van der Waals surface area contributed by atoms with Crippen LogP contribution in [0, 0.1) is 0 Å². The molecule has 0 radical (unpaired) electrons. The number of thiophene rings is 1. The van der Waals surface area contributed by atoms with Crippen LogP contribution in [-0.2, 0) is 29.3 Å². The van der Waals surface area contributed by atoms with Gasteiger partial charge in [-0.15, -0.1) is 0 Å². The van der Waals surface area contributed by atoms with Gasteiger partial charge in [-0.3, -0.25) is 9.59 Å². The smallest absolute Gasteiger partial charge is 0.252 e. The average molecular weight is 394 g/mol. The molecule has 144 valence electrons. The Morgan fingerprint density at radius 1 is 0.821 bits per heavy atom. The van der Waals surface area contributed by atoms with E-state index in [1.54, 1.807) is 11.4 Å². The Labute approximate surface area is 168 Å². The van der Waals surface area contributed by atoms with Crippen molar-refractivity contribution >= 4 is 23.2 Å². The first-order valence-electron chi connectivity index (χ1n) is 8.97. The molecule has 2 aromatic carbocycles. The van der Waals surface area contributed by atoms with Crippen LogP contribution in [0.15, 0.2) is 71.4 Å². The van der Waals surface area contributed by atoms with Crippen LogP contribution >= 0.6 is 11.3 Å². The SMILES string of the molecule is O=C(CNC(=O)c1ccsc1)NCc1ccc(COCc2ccccc2)cc1. The summed E-state index contributed by atoms with van der Waals surface area (Å²) in [6, 6.07) is 19.7. The standard InChI is InChI=1S/C22H22N2O3S/c25-21(13-24-22(26)20-10-11-28-16-20)23-12-17-6-8-19(9-7-17)15-27-14-18-4-2-1-3-5-18/h1-11,16H,12-15H2,(H,23,25)(H,24,26). The van der Waals surface area contributed by atoms with Gasteiger partial charge in [0.25, 0.3) is 5.91 Å². The number of nitrogens with one attached hydrogen (secondary N) is 2. The fraction of sp³-hybridized carbons (Fsp3) is 0.182. The zero-order valence-electron chi connectivity index (χ0n) is 15.4. The number of benzene rings is 2. The molecular weight excluding hydrogens is 372 g/mol. The Kier molecular flexibility index (Phi) is 7.35. The highest BCUT2D eigenvalue weighted by molar-refractivity contribution is 7.08. The van der Waals surface area contributed by atoms with Crippen LogP contribution in [0.4, 0.5) is 0 Å². The second-order valence-electron chi connectivity index (χ2n) is 6.27. The molecule has 1 heterocycles. The molecule has 0 atom stereocenters. The highest BCUT2D eigenvalue weighted by Crippen LogP contribution is 2.08. The Balaban J connectivity index is 1.35. The molecule has 2 amide bonds. The maximum absolute atomic E-state index is 11.9. The molecule has 2 N–H and O–H groups in total. The third-order valence-corrected chi connectivity index (χ3v) is 4.77. The molecule has 5 nitrogen and oxygen atoms in total. The molecule has 0 saturated carbocycles. The van der Waals surface area contributed by atoms with Crippen LogP contribution < -0.4 is 10.6 Å². The molecule has 28 heavy (non-hydrogen) atoms. The van der Waals surface area contributed by atoms with E-state index in [-0.39, 0.29) is 18.4 Å². The molecule has 0 aliphatic rings.